The minimum absolute atomic E-state index is 0.411. The van der Waals surface area contributed by atoms with Gasteiger partial charge in [-0.1, -0.05) is 26.2 Å². The molecule has 118 valence electrons. The second kappa shape index (κ2) is 8.32. The van der Waals surface area contributed by atoms with E-state index in [4.69, 9.17) is 10.7 Å². The van der Waals surface area contributed by atoms with Crippen molar-refractivity contribution in [2.45, 2.75) is 71.3 Å². The van der Waals surface area contributed by atoms with Gasteiger partial charge in [0.1, 0.15) is 0 Å². The molecule has 21 heavy (non-hydrogen) atoms. The zero-order chi connectivity index (χ0) is 15.1. The van der Waals surface area contributed by atoms with E-state index in [-0.39, 0.29) is 0 Å². The minimum Gasteiger partial charge on any atom is -0.337 e. The van der Waals surface area contributed by atoms with Crippen LogP contribution >= 0.6 is 0 Å². The number of piperidine rings is 1. The van der Waals surface area contributed by atoms with Crippen LogP contribution in [-0.4, -0.2) is 29.1 Å². The summed E-state index contributed by atoms with van der Waals surface area (Å²) in [5.41, 5.74) is 8.33. The first-order valence-corrected chi connectivity index (χ1v) is 8.55. The van der Waals surface area contributed by atoms with Gasteiger partial charge in [-0.2, -0.15) is 0 Å². The Kier molecular flexibility index (Phi) is 6.43. The average Bonchev–Trinajstić information content (AvgIpc) is 2.52. The van der Waals surface area contributed by atoms with Gasteiger partial charge < -0.3 is 10.6 Å². The van der Waals surface area contributed by atoms with Gasteiger partial charge >= 0.3 is 0 Å². The molecule has 2 rings (SSSR count). The zero-order valence-electron chi connectivity index (χ0n) is 13.6. The fourth-order valence-electron chi connectivity index (χ4n) is 3.11. The maximum Gasteiger partial charge on any atom is 0.225 e. The first kappa shape index (κ1) is 16.2. The molecule has 0 spiro atoms. The van der Waals surface area contributed by atoms with Gasteiger partial charge in [0, 0.05) is 31.0 Å². The molecule has 4 nitrogen and oxygen atoms in total. The van der Waals surface area contributed by atoms with Crippen LogP contribution in [-0.2, 0) is 6.42 Å². The Balaban J connectivity index is 2.00. The van der Waals surface area contributed by atoms with E-state index in [1.54, 1.807) is 0 Å². The highest BCUT2D eigenvalue weighted by atomic mass is 15.3. The Labute approximate surface area is 129 Å². The summed E-state index contributed by atoms with van der Waals surface area (Å²) >= 11 is 0. The van der Waals surface area contributed by atoms with Crippen LogP contribution in [0.25, 0.3) is 0 Å². The number of anilines is 1. The summed E-state index contributed by atoms with van der Waals surface area (Å²) in [6.07, 6.45) is 11.9. The van der Waals surface area contributed by atoms with Gasteiger partial charge in [-0.25, -0.2) is 9.97 Å². The molecule has 0 amide bonds. The van der Waals surface area contributed by atoms with E-state index in [1.165, 1.54) is 44.1 Å². The van der Waals surface area contributed by atoms with Crippen LogP contribution < -0.4 is 10.6 Å². The molecular formula is C17H30N4. The van der Waals surface area contributed by atoms with Crippen LogP contribution in [0.15, 0.2) is 6.20 Å². The Bertz CT molecular complexity index is 433. The van der Waals surface area contributed by atoms with Gasteiger partial charge in [0.25, 0.3) is 0 Å². The van der Waals surface area contributed by atoms with E-state index in [2.05, 4.69) is 23.7 Å². The summed E-state index contributed by atoms with van der Waals surface area (Å²) in [6, 6.07) is 0.411. The van der Waals surface area contributed by atoms with Crippen LogP contribution in [0.4, 0.5) is 5.95 Å². The van der Waals surface area contributed by atoms with E-state index < -0.39 is 0 Å². The molecule has 1 fully saturated rings. The van der Waals surface area contributed by atoms with Gasteiger partial charge in [0.05, 0.1) is 0 Å². The Morgan fingerprint density at radius 1 is 1.29 bits per heavy atom. The molecule has 1 aromatic rings. The summed E-state index contributed by atoms with van der Waals surface area (Å²) < 4.78 is 0. The lowest BCUT2D eigenvalue weighted by Gasteiger charge is -2.35. The van der Waals surface area contributed by atoms with Crippen molar-refractivity contribution in [3.05, 3.63) is 17.5 Å². The molecule has 2 heterocycles. The lowest BCUT2D eigenvalue weighted by molar-refractivity contribution is 0.457. The number of hydrogen-bond donors (Lipinski definition) is 1. The van der Waals surface area contributed by atoms with E-state index in [9.17, 15) is 0 Å². The number of unbranched alkanes of at least 4 members (excludes halogenated alkanes) is 3. The second-order valence-electron chi connectivity index (χ2n) is 6.17. The maximum absolute atomic E-state index is 5.90. The number of nitrogens with zero attached hydrogens (tertiary/aromatic N) is 3. The first-order valence-electron chi connectivity index (χ1n) is 8.55. The van der Waals surface area contributed by atoms with E-state index in [0.717, 1.165) is 31.0 Å². The van der Waals surface area contributed by atoms with Crippen molar-refractivity contribution >= 4 is 5.95 Å². The van der Waals surface area contributed by atoms with Gasteiger partial charge in [-0.3, -0.25) is 0 Å². The predicted molar refractivity (Wildman–Crippen MR) is 88.7 cm³/mol. The number of rotatable bonds is 7. The van der Waals surface area contributed by atoms with Gasteiger partial charge in [-0.15, -0.1) is 0 Å². The van der Waals surface area contributed by atoms with Crippen molar-refractivity contribution in [3.63, 3.8) is 0 Å². The Morgan fingerprint density at radius 3 is 2.86 bits per heavy atom. The number of aromatic nitrogens is 2. The van der Waals surface area contributed by atoms with Gasteiger partial charge in [0.2, 0.25) is 5.95 Å². The zero-order valence-corrected chi connectivity index (χ0v) is 13.6. The smallest absolute Gasteiger partial charge is 0.225 e. The van der Waals surface area contributed by atoms with E-state index >= 15 is 0 Å². The molecular weight excluding hydrogens is 260 g/mol. The van der Waals surface area contributed by atoms with Crippen molar-refractivity contribution in [1.29, 1.82) is 0 Å². The Hall–Kier alpha value is -1.16. The highest BCUT2D eigenvalue weighted by molar-refractivity contribution is 5.35. The normalized spacial score (nSPS) is 19.0. The second-order valence-corrected chi connectivity index (χ2v) is 6.17. The third kappa shape index (κ3) is 4.40. The van der Waals surface area contributed by atoms with Crippen molar-refractivity contribution in [3.8, 4) is 0 Å². The fourth-order valence-corrected chi connectivity index (χ4v) is 3.11. The topological polar surface area (TPSA) is 55.0 Å². The highest BCUT2D eigenvalue weighted by Gasteiger charge is 2.23. The molecule has 0 aromatic carbocycles. The van der Waals surface area contributed by atoms with Gasteiger partial charge in [0.15, 0.2) is 0 Å². The van der Waals surface area contributed by atoms with Crippen LogP contribution in [0.5, 0.6) is 0 Å². The van der Waals surface area contributed by atoms with Crippen molar-refractivity contribution in [2.24, 2.45) is 5.73 Å². The van der Waals surface area contributed by atoms with Crippen molar-refractivity contribution < 1.29 is 0 Å². The predicted octanol–water partition coefficient (Wildman–Crippen LogP) is 3.23. The molecule has 2 N–H and O–H groups in total. The largest absolute Gasteiger partial charge is 0.337 e. The van der Waals surface area contributed by atoms with Crippen molar-refractivity contribution in [1.82, 2.24) is 9.97 Å². The summed E-state index contributed by atoms with van der Waals surface area (Å²) in [5, 5.41) is 0. The third-order valence-electron chi connectivity index (χ3n) is 4.52. The molecule has 0 bridgehead atoms. The van der Waals surface area contributed by atoms with Gasteiger partial charge in [-0.05, 0) is 44.6 Å². The average molecular weight is 290 g/mol. The van der Waals surface area contributed by atoms with Crippen LogP contribution in [0.2, 0.25) is 0 Å². The molecule has 0 radical (unpaired) electrons. The fraction of sp³-hybridized carbons (Fsp3) is 0.765. The molecule has 1 saturated heterocycles. The number of nitrogens with two attached hydrogens (primary N) is 1. The third-order valence-corrected chi connectivity index (χ3v) is 4.52. The number of aryl methyl sites for hydroxylation is 2. The molecule has 1 aromatic heterocycles. The standard InChI is InChI=1S/C17H30N4/c1-3-4-5-6-9-15-13-19-17(20-14(15)2)21-11-8-7-10-16(21)12-18/h13,16H,3-12,18H2,1-2H3. The molecule has 4 heteroatoms. The molecule has 1 unspecified atom stereocenters. The summed E-state index contributed by atoms with van der Waals surface area (Å²) in [6.45, 7) is 6.09. The lowest BCUT2D eigenvalue weighted by Crippen LogP contribution is -2.45. The lowest BCUT2D eigenvalue weighted by atomic mass is 10.0. The summed E-state index contributed by atoms with van der Waals surface area (Å²) in [7, 11) is 0. The van der Waals surface area contributed by atoms with Crippen LogP contribution in [0, 0.1) is 6.92 Å². The van der Waals surface area contributed by atoms with Crippen LogP contribution in [0.1, 0.15) is 63.1 Å². The molecule has 1 atom stereocenters. The highest BCUT2D eigenvalue weighted by Crippen LogP contribution is 2.22. The first-order chi connectivity index (χ1) is 10.3. The van der Waals surface area contributed by atoms with Crippen LogP contribution in [0.3, 0.4) is 0 Å². The quantitative estimate of drug-likeness (QED) is 0.783. The summed E-state index contributed by atoms with van der Waals surface area (Å²) in [5.74, 6) is 0.875. The monoisotopic (exact) mass is 290 g/mol. The maximum atomic E-state index is 5.90. The molecule has 0 aliphatic carbocycles. The Morgan fingerprint density at radius 2 is 2.14 bits per heavy atom. The van der Waals surface area contributed by atoms with Crippen molar-refractivity contribution in [2.75, 3.05) is 18.0 Å². The van der Waals surface area contributed by atoms with E-state index in [0.29, 0.717) is 12.6 Å². The molecule has 1 aliphatic rings. The number of hydrogen-bond acceptors (Lipinski definition) is 4. The molecule has 1 aliphatic heterocycles. The minimum atomic E-state index is 0.411. The molecule has 0 saturated carbocycles. The van der Waals surface area contributed by atoms with E-state index in [1.807, 2.05) is 6.20 Å². The SMILES string of the molecule is CCCCCCc1cnc(N2CCCCC2CN)nc1C. The summed E-state index contributed by atoms with van der Waals surface area (Å²) in [4.78, 5) is 11.7.